The van der Waals surface area contributed by atoms with Crippen molar-refractivity contribution in [3.05, 3.63) is 59.7 Å². The normalized spacial score (nSPS) is 13.2. The molecule has 3 N–H and O–H groups in total. The number of nitrogens with two attached hydrogens (primary N) is 1. The van der Waals surface area contributed by atoms with Gasteiger partial charge < -0.3 is 10.9 Å². The third kappa shape index (κ3) is 2.99. The Labute approximate surface area is 119 Å². The molecule has 20 heavy (non-hydrogen) atoms. The van der Waals surface area contributed by atoms with Crippen LogP contribution in [0.3, 0.4) is 0 Å². The van der Waals surface area contributed by atoms with Gasteiger partial charge in [-0.15, -0.1) is 0 Å². The molecule has 0 bridgehead atoms. The number of nitrogens with zero attached hydrogens (tertiary/aromatic N) is 1. The van der Waals surface area contributed by atoms with Crippen LogP contribution in [0.5, 0.6) is 0 Å². The molecule has 2 aromatic rings. The minimum absolute atomic E-state index is 0.128. The molecule has 3 heteroatoms. The first-order valence-electron chi connectivity index (χ1n) is 6.84. The van der Waals surface area contributed by atoms with Gasteiger partial charge in [0.15, 0.2) is 5.84 Å². The fraction of sp³-hybridized carbons (Fsp3) is 0.235. The molecule has 104 valence electrons. The van der Waals surface area contributed by atoms with Gasteiger partial charge >= 0.3 is 0 Å². The van der Waals surface area contributed by atoms with E-state index in [1.165, 1.54) is 11.1 Å². The molecule has 0 aliphatic heterocycles. The molecule has 0 aliphatic carbocycles. The number of amidine groups is 1. The highest BCUT2D eigenvalue weighted by Crippen LogP contribution is 2.24. The van der Waals surface area contributed by atoms with Gasteiger partial charge in [0.05, 0.1) is 0 Å². The summed E-state index contributed by atoms with van der Waals surface area (Å²) in [5, 5.41) is 11.6. The van der Waals surface area contributed by atoms with Crippen molar-refractivity contribution in [1.82, 2.24) is 0 Å². The van der Waals surface area contributed by atoms with E-state index in [0.717, 1.165) is 12.0 Å². The van der Waals surface area contributed by atoms with E-state index < -0.39 is 0 Å². The number of benzene rings is 2. The summed E-state index contributed by atoms with van der Waals surface area (Å²) < 4.78 is 0. The highest BCUT2D eigenvalue weighted by molar-refractivity contribution is 5.97. The smallest absolute Gasteiger partial charge is 0.170 e. The summed E-state index contributed by atoms with van der Waals surface area (Å²) in [4.78, 5) is 0. The van der Waals surface area contributed by atoms with Gasteiger partial charge in [0.25, 0.3) is 0 Å². The van der Waals surface area contributed by atoms with Crippen molar-refractivity contribution < 1.29 is 5.21 Å². The minimum atomic E-state index is 0.128. The van der Waals surface area contributed by atoms with Gasteiger partial charge in [0.1, 0.15) is 0 Å². The fourth-order valence-corrected chi connectivity index (χ4v) is 2.13. The highest BCUT2D eigenvalue weighted by Gasteiger charge is 2.04. The van der Waals surface area contributed by atoms with E-state index >= 15 is 0 Å². The van der Waals surface area contributed by atoms with Gasteiger partial charge in [0.2, 0.25) is 0 Å². The molecule has 0 radical (unpaired) electrons. The van der Waals surface area contributed by atoms with Crippen LogP contribution in [0.25, 0.3) is 11.1 Å². The molecule has 0 saturated heterocycles. The van der Waals surface area contributed by atoms with Crippen LogP contribution in [0.15, 0.2) is 53.7 Å². The van der Waals surface area contributed by atoms with E-state index in [1.54, 1.807) is 0 Å². The van der Waals surface area contributed by atoms with Crippen molar-refractivity contribution in [2.45, 2.75) is 26.2 Å². The van der Waals surface area contributed by atoms with E-state index in [-0.39, 0.29) is 5.84 Å². The van der Waals surface area contributed by atoms with Crippen LogP contribution in [0.2, 0.25) is 0 Å². The molecule has 0 fully saturated rings. The molecule has 0 amide bonds. The van der Waals surface area contributed by atoms with E-state index in [9.17, 15) is 0 Å². The van der Waals surface area contributed by atoms with Crippen LogP contribution >= 0.6 is 0 Å². The van der Waals surface area contributed by atoms with Crippen LogP contribution in [-0.2, 0) is 0 Å². The number of hydrogen-bond acceptors (Lipinski definition) is 2. The highest BCUT2D eigenvalue weighted by atomic mass is 16.4. The molecule has 2 aromatic carbocycles. The molecule has 0 aromatic heterocycles. The van der Waals surface area contributed by atoms with Gasteiger partial charge in [-0.05, 0) is 29.0 Å². The third-order valence-corrected chi connectivity index (χ3v) is 3.71. The summed E-state index contributed by atoms with van der Waals surface area (Å²) in [6.07, 6.45) is 1.15. The lowest BCUT2D eigenvalue weighted by atomic mass is 9.95. The SMILES string of the molecule is CCC(C)c1ccc(-c2ccc(C(N)=NO)cc2)cc1. The van der Waals surface area contributed by atoms with E-state index in [4.69, 9.17) is 10.9 Å². The first-order valence-corrected chi connectivity index (χ1v) is 6.84. The molecule has 0 saturated carbocycles. The average Bonchev–Trinajstić information content (AvgIpc) is 2.53. The lowest BCUT2D eigenvalue weighted by molar-refractivity contribution is 0.318. The summed E-state index contributed by atoms with van der Waals surface area (Å²) in [5.74, 6) is 0.718. The number of oxime groups is 1. The average molecular weight is 268 g/mol. The number of rotatable bonds is 4. The van der Waals surface area contributed by atoms with Crippen molar-refractivity contribution in [2.24, 2.45) is 10.9 Å². The second-order valence-electron chi connectivity index (χ2n) is 4.99. The predicted octanol–water partition coefficient (Wildman–Crippen LogP) is 3.96. The second-order valence-corrected chi connectivity index (χ2v) is 4.99. The van der Waals surface area contributed by atoms with Gasteiger partial charge in [0, 0.05) is 5.56 Å². The second kappa shape index (κ2) is 6.24. The van der Waals surface area contributed by atoms with Crippen LogP contribution < -0.4 is 5.73 Å². The lowest BCUT2D eigenvalue weighted by Crippen LogP contribution is -2.12. The van der Waals surface area contributed by atoms with E-state index in [0.29, 0.717) is 11.5 Å². The Balaban J connectivity index is 2.24. The quantitative estimate of drug-likeness (QED) is 0.381. The lowest BCUT2D eigenvalue weighted by Gasteiger charge is -2.10. The zero-order valence-electron chi connectivity index (χ0n) is 11.9. The van der Waals surface area contributed by atoms with Gasteiger partial charge in [-0.2, -0.15) is 0 Å². The number of hydrogen-bond donors (Lipinski definition) is 2. The van der Waals surface area contributed by atoms with Crippen molar-refractivity contribution in [1.29, 1.82) is 0 Å². The first kappa shape index (κ1) is 14.1. The molecule has 0 heterocycles. The third-order valence-electron chi connectivity index (χ3n) is 3.71. The molecule has 2 rings (SSSR count). The maximum atomic E-state index is 8.64. The van der Waals surface area contributed by atoms with Gasteiger partial charge in [-0.3, -0.25) is 0 Å². The Kier molecular flexibility index (Phi) is 4.41. The topological polar surface area (TPSA) is 58.6 Å². The van der Waals surface area contributed by atoms with Crippen molar-refractivity contribution >= 4 is 5.84 Å². The van der Waals surface area contributed by atoms with Crippen LogP contribution in [0.1, 0.15) is 37.3 Å². The van der Waals surface area contributed by atoms with Crippen LogP contribution in [0.4, 0.5) is 0 Å². The van der Waals surface area contributed by atoms with E-state index in [1.807, 2.05) is 24.3 Å². The molecule has 0 aliphatic rings. The zero-order valence-corrected chi connectivity index (χ0v) is 11.9. The Bertz CT molecular complexity index is 585. The molecular weight excluding hydrogens is 248 g/mol. The van der Waals surface area contributed by atoms with Crippen LogP contribution in [-0.4, -0.2) is 11.0 Å². The monoisotopic (exact) mass is 268 g/mol. The predicted molar refractivity (Wildman–Crippen MR) is 83.1 cm³/mol. The summed E-state index contributed by atoms with van der Waals surface area (Å²) in [6, 6.07) is 16.3. The standard InChI is InChI=1S/C17H20N2O/c1-3-12(2)13-4-6-14(7-5-13)15-8-10-16(11-9-15)17(18)19-20/h4-12,20H,3H2,1-2H3,(H2,18,19). The molecule has 3 nitrogen and oxygen atoms in total. The fourth-order valence-electron chi connectivity index (χ4n) is 2.13. The molecular formula is C17H20N2O. The maximum absolute atomic E-state index is 8.64. The van der Waals surface area contributed by atoms with Crippen molar-refractivity contribution in [3.63, 3.8) is 0 Å². The Morgan fingerprint density at radius 2 is 1.55 bits per heavy atom. The van der Waals surface area contributed by atoms with Gasteiger partial charge in [-0.25, -0.2) is 0 Å². The zero-order chi connectivity index (χ0) is 14.5. The summed E-state index contributed by atoms with van der Waals surface area (Å²) in [7, 11) is 0. The minimum Gasteiger partial charge on any atom is -0.409 e. The van der Waals surface area contributed by atoms with Crippen LogP contribution in [0, 0.1) is 0 Å². The molecule has 1 unspecified atom stereocenters. The first-order chi connectivity index (χ1) is 9.65. The van der Waals surface area contributed by atoms with Crippen molar-refractivity contribution in [2.75, 3.05) is 0 Å². The largest absolute Gasteiger partial charge is 0.409 e. The van der Waals surface area contributed by atoms with E-state index in [2.05, 4.69) is 43.3 Å². The Morgan fingerprint density at radius 1 is 1.05 bits per heavy atom. The Morgan fingerprint density at radius 3 is 2.00 bits per heavy atom. The maximum Gasteiger partial charge on any atom is 0.170 e. The van der Waals surface area contributed by atoms with Crippen molar-refractivity contribution in [3.8, 4) is 11.1 Å². The Hall–Kier alpha value is -2.29. The summed E-state index contributed by atoms with van der Waals surface area (Å²) >= 11 is 0. The van der Waals surface area contributed by atoms with Gasteiger partial charge in [-0.1, -0.05) is 67.5 Å². The summed E-state index contributed by atoms with van der Waals surface area (Å²) in [5.41, 5.74) is 9.92. The molecule has 0 spiro atoms. The molecule has 1 atom stereocenters. The summed E-state index contributed by atoms with van der Waals surface area (Å²) in [6.45, 7) is 4.44.